The Hall–Kier alpha value is -1.85. The zero-order chi connectivity index (χ0) is 15.4. The largest absolute Gasteiger partial charge is 0.461 e. The first kappa shape index (κ1) is 15.5. The van der Waals surface area contributed by atoms with E-state index in [0.717, 1.165) is 0 Å². The highest BCUT2D eigenvalue weighted by atomic mass is 35.5. The summed E-state index contributed by atoms with van der Waals surface area (Å²) < 4.78 is 4.93. The average molecular weight is 326 g/mol. The van der Waals surface area contributed by atoms with E-state index in [-0.39, 0.29) is 18.2 Å². The van der Waals surface area contributed by atoms with Gasteiger partial charge in [-0.1, -0.05) is 23.2 Å². The number of benzene rings is 1. The Labute approximate surface area is 132 Å². The maximum atomic E-state index is 11.7. The van der Waals surface area contributed by atoms with Crippen molar-refractivity contribution in [1.82, 2.24) is 9.97 Å². The number of carbonyl (C=O) groups is 1. The fourth-order valence-corrected chi connectivity index (χ4v) is 2.10. The minimum absolute atomic E-state index is 0.192. The van der Waals surface area contributed by atoms with Crippen LogP contribution in [0.2, 0.25) is 10.0 Å². The predicted molar refractivity (Wildman–Crippen MR) is 82.5 cm³/mol. The zero-order valence-corrected chi connectivity index (χ0v) is 13.0. The monoisotopic (exact) mass is 325 g/mol. The Kier molecular flexibility index (Phi) is 4.98. The number of rotatable bonds is 4. The van der Waals surface area contributed by atoms with Crippen molar-refractivity contribution in [1.29, 1.82) is 0 Å². The third-order valence-electron chi connectivity index (χ3n) is 2.52. The lowest BCUT2D eigenvalue weighted by Gasteiger charge is -2.09. The number of nitrogens with one attached hydrogen (secondary N) is 1. The van der Waals surface area contributed by atoms with E-state index in [2.05, 4.69) is 15.3 Å². The van der Waals surface area contributed by atoms with Crippen LogP contribution in [0.3, 0.4) is 0 Å². The number of halogens is 2. The standard InChI is InChI=1S/C14H13Cl2N3O2/c1-3-21-13(20)12-6-8(2)17-14(19-12)18-11-5-4-9(15)7-10(11)16/h4-7H,3H2,1-2H3,(H,17,18,19). The van der Waals surface area contributed by atoms with Gasteiger partial charge < -0.3 is 10.1 Å². The number of hydrogen-bond donors (Lipinski definition) is 1. The minimum atomic E-state index is -0.492. The Morgan fingerprint density at radius 3 is 2.71 bits per heavy atom. The van der Waals surface area contributed by atoms with E-state index in [1.54, 1.807) is 38.1 Å². The molecule has 0 atom stereocenters. The Balaban J connectivity index is 2.29. The summed E-state index contributed by atoms with van der Waals surface area (Å²) in [7, 11) is 0. The Morgan fingerprint density at radius 2 is 2.05 bits per heavy atom. The zero-order valence-electron chi connectivity index (χ0n) is 11.5. The van der Waals surface area contributed by atoms with Gasteiger partial charge in [0.1, 0.15) is 0 Å². The second kappa shape index (κ2) is 6.74. The molecule has 0 radical (unpaired) electrons. The van der Waals surface area contributed by atoms with Crippen molar-refractivity contribution in [3.63, 3.8) is 0 Å². The lowest BCUT2D eigenvalue weighted by molar-refractivity contribution is 0.0519. The number of aromatic nitrogens is 2. The Morgan fingerprint density at radius 1 is 1.29 bits per heavy atom. The van der Waals surface area contributed by atoms with E-state index in [1.165, 1.54) is 0 Å². The van der Waals surface area contributed by atoms with Gasteiger partial charge in [-0.3, -0.25) is 0 Å². The molecule has 0 bridgehead atoms. The van der Waals surface area contributed by atoms with Crippen LogP contribution in [-0.2, 0) is 4.74 Å². The molecule has 0 amide bonds. The molecule has 0 aliphatic rings. The minimum Gasteiger partial charge on any atom is -0.461 e. The number of anilines is 2. The summed E-state index contributed by atoms with van der Waals surface area (Å²) in [5.74, 6) is -0.226. The molecule has 0 aliphatic heterocycles. The average Bonchev–Trinajstić information content (AvgIpc) is 2.41. The van der Waals surface area contributed by atoms with Gasteiger partial charge in [0.2, 0.25) is 5.95 Å². The molecule has 0 aliphatic carbocycles. The molecule has 110 valence electrons. The molecule has 7 heteroatoms. The smallest absolute Gasteiger partial charge is 0.357 e. The fraction of sp³-hybridized carbons (Fsp3) is 0.214. The van der Waals surface area contributed by atoms with Crippen LogP contribution >= 0.6 is 23.2 Å². The number of hydrogen-bond acceptors (Lipinski definition) is 5. The maximum Gasteiger partial charge on any atom is 0.357 e. The van der Waals surface area contributed by atoms with Crippen LogP contribution in [-0.4, -0.2) is 22.5 Å². The lowest BCUT2D eigenvalue weighted by atomic mass is 10.3. The summed E-state index contributed by atoms with van der Waals surface area (Å²) in [5.41, 5.74) is 1.43. The molecule has 0 spiro atoms. The van der Waals surface area contributed by atoms with E-state index in [0.29, 0.717) is 21.4 Å². The molecule has 0 fully saturated rings. The van der Waals surface area contributed by atoms with Crippen molar-refractivity contribution in [2.45, 2.75) is 13.8 Å². The van der Waals surface area contributed by atoms with Gasteiger partial charge in [-0.25, -0.2) is 14.8 Å². The summed E-state index contributed by atoms with van der Waals surface area (Å²) in [6.45, 7) is 3.78. The van der Waals surface area contributed by atoms with E-state index < -0.39 is 5.97 Å². The molecule has 2 aromatic rings. The quantitative estimate of drug-likeness (QED) is 0.860. The highest BCUT2D eigenvalue weighted by Gasteiger charge is 2.12. The first-order chi connectivity index (χ1) is 9.99. The topological polar surface area (TPSA) is 64.1 Å². The van der Waals surface area contributed by atoms with Crippen LogP contribution in [0.15, 0.2) is 24.3 Å². The second-order valence-corrected chi connectivity index (χ2v) is 5.03. The SMILES string of the molecule is CCOC(=O)c1cc(C)nc(Nc2ccc(Cl)cc2Cl)n1. The molecular weight excluding hydrogens is 313 g/mol. The summed E-state index contributed by atoms with van der Waals surface area (Å²) >= 11 is 11.9. The van der Waals surface area contributed by atoms with Crippen molar-refractivity contribution in [2.75, 3.05) is 11.9 Å². The summed E-state index contributed by atoms with van der Waals surface area (Å²) in [6, 6.07) is 6.57. The summed E-state index contributed by atoms with van der Waals surface area (Å²) in [5, 5.41) is 3.92. The van der Waals surface area contributed by atoms with Gasteiger partial charge in [0.15, 0.2) is 5.69 Å². The third kappa shape index (κ3) is 4.06. The van der Waals surface area contributed by atoms with Crippen LogP contribution in [0.1, 0.15) is 23.1 Å². The molecule has 21 heavy (non-hydrogen) atoms. The van der Waals surface area contributed by atoms with E-state index in [9.17, 15) is 4.79 Å². The molecule has 1 heterocycles. The molecule has 5 nitrogen and oxygen atoms in total. The van der Waals surface area contributed by atoms with Crippen molar-refractivity contribution in [3.8, 4) is 0 Å². The fourth-order valence-electron chi connectivity index (χ4n) is 1.65. The lowest BCUT2D eigenvalue weighted by Crippen LogP contribution is -2.10. The van der Waals surface area contributed by atoms with Gasteiger partial charge in [0.05, 0.1) is 17.3 Å². The normalized spacial score (nSPS) is 10.3. The molecule has 2 rings (SSSR count). The van der Waals surface area contributed by atoms with Crippen molar-refractivity contribution < 1.29 is 9.53 Å². The third-order valence-corrected chi connectivity index (χ3v) is 3.06. The molecule has 0 saturated heterocycles. The van der Waals surface area contributed by atoms with Crippen LogP contribution in [0.25, 0.3) is 0 Å². The predicted octanol–water partition coefficient (Wildman–Crippen LogP) is 4.01. The number of carbonyl (C=O) groups excluding carboxylic acids is 1. The van der Waals surface area contributed by atoms with Crippen molar-refractivity contribution in [3.05, 3.63) is 45.7 Å². The number of esters is 1. The van der Waals surface area contributed by atoms with Gasteiger partial charge in [0.25, 0.3) is 0 Å². The van der Waals surface area contributed by atoms with Crippen LogP contribution in [0.4, 0.5) is 11.6 Å². The molecule has 1 N–H and O–H groups in total. The molecule has 0 saturated carbocycles. The van der Waals surface area contributed by atoms with Crippen LogP contribution < -0.4 is 5.32 Å². The number of ether oxygens (including phenoxy) is 1. The molecule has 1 aromatic carbocycles. The molecule has 1 aromatic heterocycles. The highest BCUT2D eigenvalue weighted by molar-refractivity contribution is 6.36. The van der Waals surface area contributed by atoms with Gasteiger partial charge >= 0.3 is 5.97 Å². The highest BCUT2D eigenvalue weighted by Crippen LogP contribution is 2.27. The summed E-state index contributed by atoms with van der Waals surface area (Å²) in [4.78, 5) is 20.1. The number of aryl methyl sites for hydroxylation is 1. The van der Waals surface area contributed by atoms with Crippen molar-refractivity contribution in [2.24, 2.45) is 0 Å². The Bertz CT molecular complexity index is 677. The van der Waals surface area contributed by atoms with Gasteiger partial charge in [0, 0.05) is 10.7 Å². The van der Waals surface area contributed by atoms with Gasteiger partial charge in [-0.05, 0) is 38.1 Å². The van der Waals surface area contributed by atoms with Crippen molar-refractivity contribution >= 4 is 40.8 Å². The van der Waals surface area contributed by atoms with E-state index in [1.807, 2.05) is 0 Å². The first-order valence-corrected chi connectivity index (χ1v) is 7.00. The van der Waals surface area contributed by atoms with Crippen LogP contribution in [0, 0.1) is 6.92 Å². The van der Waals surface area contributed by atoms with Crippen LogP contribution in [0.5, 0.6) is 0 Å². The summed E-state index contributed by atoms with van der Waals surface area (Å²) in [6.07, 6.45) is 0. The van der Waals surface area contributed by atoms with Gasteiger partial charge in [-0.15, -0.1) is 0 Å². The first-order valence-electron chi connectivity index (χ1n) is 6.24. The second-order valence-electron chi connectivity index (χ2n) is 4.19. The van der Waals surface area contributed by atoms with E-state index >= 15 is 0 Å². The number of nitrogens with zero attached hydrogens (tertiary/aromatic N) is 2. The molecular formula is C14H13Cl2N3O2. The van der Waals surface area contributed by atoms with E-state index in [4.69, 9.17) is 27.9 Å². The maximum absolute atomic E-state index is 11.7. The molecule has 0 unspecified atom stereocenters. The van der Waals surface area contributed by atoms with Gasteiger partial charge in [-0.2, -0.15) is 0 Å².